The number of aromatic nitrogens is 4. The number of carboxylic acid groups (broad SMARTS) is 1. The van der Waals surface area contributed by atoms with E-state index in [1.54, 1.807) is 23.6 Å². The maximum atomic E-state index is 12.6. The Kier molecular flexibility index (Phi) is 5.53. The van der Waals surface area contributed by atoms with E-state index in [2.05, 4.69) is 20.0 Å². The Hall–Kier alpha value is -3.57. The van der Waals surface area contributed by atoms with Gasteiger partial charge in [-0.15, -0.1) is 10.2 Å². The van der Waals surface area contributed by atoms with Crippen molar-refractivity contribution >= 4 is 38.9 Å². The maximum absolute atomic E-state index is 12.6. The summed E-state index contributed by atoms with van der Waals surface area (Å²) < 4.78 is 35.1. The van der Waals surface area contributed by atoms with Crippen molar-refractivity contribution < 1.29 is 23.1 Å². The first-order valence-corrected chi connectivity index (χ1v) is 11.2. The number of rotatable bonds is 7. The number of fused-ring (bicyclic) bond motifs is 1. The molecule has 0 bridgehead atoms. The predicted molar refractivity (Wildman–Crippen MR) is 117 cm³/mol. The van der Waals surface area contributed by atoms with Gasteiger partial charge in [-0.25, -0.2) is 17.7 Å². The van der Waals surface area contributed by atoms with Gasteiger partial charge in [0.05, 0.1) is 16.2 Å². The molecule has 0 saturated heterocycles. The molecular formula is C20H18ClN5O5S. The first kappa shape index (κ1) is 21.7. The number of nitrogens with one attached hydrogen (secondary N) is 2. The number of carboxylic acids is 1. The Morgan fingerprint density at radius 2 is 1.94 bits per heavy atom. The number of carbonyl (C=O) groups is 1. The molecule has 0 aliphatic carbocycles. The normalized spacial score (nSPS) is 12.6. The minimum atomic E-state index is -3.96. The zero-order chi connectivity index (χ0) is 23.0. The van der Waals surface area contributed by atoms with Gasteiger partial charge in [-0.3, -0.25) is 9.82 Å². The Labute approximate surface area is 187 Å². The van der Waals surface area contributed by atoms with Crippen molar-refractivity contribution in [2.45, 2.75) is 24.8 Å². The summed E-state index contributed by atoms with van der Waals surface area (Å²) in [5.41, 5.74) is 1.44. The Morgan fingerprint density at radius 1 is 1.22 bits per heavy atom. The number of hydrogen-bond donors (Lipinski definition) is 3. The van der Waals surface area contributed by atoms with Crippen molar-refractivity contribution in [2.75, 3.05) is 4.72 Å². The number of anilines is 1. The molecule has 0 radical (unpaired) electrons. The highest BCUT2D eigenvalue weighted by molar-refractivity contribution is 7.92. The predicted octanol–water partition coefficient (Wildman–Crippen LogP) is 3.66. The molecule has 2 heterocycles. The summed E-state index contributed by atoms with van der Waals surface area (Å²) in [6.07, 6.45) is -0.472. The molecular weight excluding hydrogens is 458 g/mol. The van der Waals surface area contributed by atoms with Crippen LogP contribution in [0.25, 0.3) is 5.65 Å². The zero-order valence-electron chi connectivity index (χ0n) is 16.9. The second kappa shape index (κ2) is 8.17. The van der Waals surface area contributed by atoms with E-state index < -0.39 is 22.1 Å². The van der Waals surface area contributed by atoms with Crippen molar-refractivity contribution in [3.8, 4) is 5.75 Å². The van der Waals surface area contributed by atoms with Crippen molar-refractivity contribution in [1.82, 2.24) is 19.8 Å². The van der Waals surface area contributed by atoms with Crippen LogP contribution in [0.4, 0.5) is 5.69 Å². The quantitative estimate of drug-likeness (QED) is 0.370. The molecule has 3 N–H and O–H groups in total. The summed E-state index contributed by atoms with van der Waals surface area (Å²) in [4.78, 5) is 10.9. The van der Waals surface area contributed by atoms with E-state index in [4.69, 9.17) is 21.4 Å². The van der Waals surface area contributed by atoms with Gasteiger partial charge in [0.1, 0.15) is 10.8 Å². The average Bonchev–Trinajstić information content (AvgIpc) is 3.29. The first-order valence-electron chi connectivity index (χ1n) is 9.37. The minimum Gasteiger partial charge on any atom is -0.483 e. The van der Waals surface area contributed by atoms with Crippen LogP contribution in [-0.2, 0) is 10.0 Å². The van der Waals surface area contributed by atoms with Crippen molar-refractivity contribution in [2.24, 2.45) is 0 Å². The lowest BCUT2D eigenvalue weighted by Crippen LogP contribution is -2.14. The third-order valence-electron chi connectivity index (χ3n) is 4.67. The van der Waals surface area contributed by atoms with Gasteiger partial charge in [0.15, 0.2) is 17.6 Å². The van der Waals surface area contributed by atoms with E-state index in [-0.39, 0.29) is 10.5 Å². The third kappa shape index (κ3) is 4.12. The lowest BCUT2D eigenvalue weighted by atomic mass is 10.2. The van der Waals surface area contributed by atoms with Crippen LogP contribution in [0.5, 0.6) is 5.75 Å². The molecule has 10 nitrogen and oxygen atoms in total. The Balaban J connectivity index is 1.48. The fraction of sp³-hybridized carbons (Fsp3) is 0.150. The fourth-order valence-corrected chi connectivity index (χ4v) is 4.33. The number of H-pyrrole nitrogens is 1. The highest BCUT2D eigenvalue weighted by Gasteiger charge is 2.20. The number of benzene rings is 2. The standard InChI is InChI=1S/C20H18ClN5O5S/c1-11-17(21)19-23-22-18(26(19)24-11)12(2)31-15-8-6-14(7-9-15)25-32(29,30)16-5-3-4-13(10-16)20(27)28/h3-10,12,24-25H,1-2H3,(H,27,28). The van der Waals surface area contributed by atoms with Crippen LogP contribution in [0.15, 0.2) is 53.4 Å². The topological polar surface area (TPSA) is 139 Å². The molecule has 0 aliphatic rings. The van der Waals surface area contributed by atoms with Crippen LogP contribution in [-0.4, -0.2) is 39.3 Å². The smallest absolute Gasteiger partial charge is 0.335 e. The van der Waals surface area contributed by atoms with Crippen LogP contribution in [0.3, 0.4) is 0 Å². The van der Waals surface area contributed by atoms with Crippen molar-refractivity contribution in [3.05, 3.63) is 70.6 Å². The summed E-state index contributed by atoms with van der Waals surface area (Å²) in [5, 5.41) is 20.8. The second-order valence-electron chi connectivity index (χ2n) is 6.99. The molecule has 4 aromatic rings. The monoisotopic (exact) mass is 475 g/mol. The number of halogens is 1. The van der Waals surface area contributed by atoms with E-state index in [0.29, 0.717) is 27.9 Å². The van der Waals surface area contributed by atoms with Crippen LogP contribution < -0.4 is 9.46 Å². The molecule has 2 aromatic heterocycles. The molecule has 166 valence electrons. The average molecular weight is 476 g/mol. The van der Waals surface area contributed by atoms with Gasteiger partial charge in [-0.05, 0) is 56.3 Å². The van der Waals surface area contributed by atoms with Crippen LogP contribution in [0.2, 0.25) is 5.02 Å². The maximum Gasteiger partial charge on any atom is 0.335 e. The number of nitrogens with zero attached hydrogens (tertiary/aromatic N) is 3. The second-order valence-corrected chi connectivity index (χ2v) is 9.05. The molecule has 0 spiro atoms. The van der Waals surface area contributed by atoms with Gasteiger partial charge < -0.3 is 9.84 Å². The molecule has 0 fully saturated rings. The Bertz CT molecular complexity index is 1410. The molecule has 4 rings (SSSR count). The number of aromatic amines is 1. The van der Waals surface area contributed by atoms with E-state index in [0.717, 1.165) is 11.8 Å². The highest BCUT2D eigenvalue weighted by Crippen LogP contribution is 2.26. The van der Waals surface area contributed by atoms with E-state index in [1.807, 2.05) is 6.92 Å². The van der Waals surface area contributed by atoms with E-state index in [1.165, 1.54) is 30.3 Å². The zero-order valence-corrected chi connectivity index (χ0v) is 18.5. The molecule has 2 aromatic carbocycles. The number of aryl methyl sites for hydroxylation is 1. The van der Waals surface area contributed by atoms with Crippen molar-refractivity contribution in [1.29, 1.82) is 0 Å². The molecule has 0 amide bonds. The Morgan fingerprint density at radius 3 is 2.62 bits per heavy atom. The van der Waals surface area contributed by atoms with Gasteiger partial charge >= 0.3 is 5.97 Å². The van der Waals surface area contributed by atoms with Gasteiger partial charge in [0, 0.05) is 5.69 Å². The fourth-order valence-electron chi connectivity index (χ4n) is 3.07. The number of sulfonamides is 1. The molecule has 32 heavy (non-hydrogen) atoms. The minimum absolute atomic E-state index is 0.119. The largest absolute Gasteiger partial charge is 0.483 e. The van der Waals surface area contributed by atoms with Crippen LogP contribution >= 0.6 is 11.6 Å². The summed E-state index contributed by atoms with van der Waals surface area (Å²) in [7, 11) is -3.96. The van der Waals surface area contributed by atoms with Gasteiger partial charge in [0.25, 0.3) is 10.0 Å². The van der Waals surface area contributed by atoms with E-state index >= 15 is 0 Å². The molecule has 1 atom stereocenters. The molecule has 0 aliphatic heterocycles. The van der Waals surface area contributed by atoms with Gasteiger partial charge in [-0.1, -0.05) is 17.7 Å². The van der Waals surface area contributed by atoms with Crippen molar-refractivity contribution in [3.63, 3.8) is 0 Å². The summed E-state index contributed by atoms with van der Waals surface area (Å²) in [6.45, 7) is 3.62. The van der Waals surface area contributed by atoms with E-state index in [9.17, 15) is 13.2 Å². The highest BCUT2D eigenvalue weighted by atomic mass is 35.5. The molecule has 1 unspecified atom stereocenters. The number of aromatic carboxylic acids is 1. The molecule has 0 saturated carbocycles. The lowest BCUT2D eigenvalue weighted by Gasteiger charge is -2.14. The number of ether oxygens (including phenoxy) is 1. The lowest BCUT2D eigenvalue weighted by molar-refractivity contribution is 0.0696. The summed E-state index contributed by atoms with van der Waals surface area (Å²) in [6, 6.07) is 11.4. The van der Waals surface area contributed by atoms with Crippen LogP contribution in [0.1, 0.15) is 34.9 Å². The summed E-state index contributed by atoms with van der Waals surface area (Å²) in [5.74, 6) is -0.197. The summed E-state index contributed by atoms with van der Waals surface area (Å²) >= 11 is 6.18. The number of hydrogen-bond acceptors (Lipinski definition) is 6. The first-order chi connectivity index (χ1) is 15.2. The van der Waals surface area contributed by atoms with Gasteiger partial charge in [0.2, 0.25) is 0 Å². The molecule has 12 heteroatoms. The SMILES string of the molecule is Cc1[nH]n2c(C(C)Oc3ccc(NS(=O)(=O)c4cccc(C(=O)O)c4)cc3)nnc2c1Cl. The van der Waals surface area contributed by atoms with Crippen LogP contribution in [0, 0.1) is 6.92 Å². The van der Waals surface area contributed by atoms with Gasteiger partial charge in [-0.2, -0.15) is 0 Å². The third-order valence-corrected chi connectivity index (χ3v) is 6.50.